The van der Waals surface area contributed by atoms with Crippen LogP contribution in [0, 0.1) is 5.82 Å². The molecule has 2 atom stereocenters. The fourth-order valence-corrected chi connectivity index (χ4v) is 8.60. The topological polar surface area (TPSA) is 167 Å². The molecule has 7 heterocycles. The normalized spacial score (nSPS) is 19.6. The highest BCUT2D eigenvalue weighted by Crippen LogP contribution is 2.36. The standard InChI is InChI=1S/C44H47FN10O6/c45-30-5-1-4-29(26-30)35-7-3-16-53(35)40-13-12-38-47-28-37(55(38)50-40)34-6-2-8-39(48-34)52-19-17-51(18-20-52)21-23-61-25-24-60-22-15-46-31-9-10-32-33(27-31)44(59)54(43(32)58)36-11-14-41(56)49-42(36)57/h1-2,4-6,8-10,12-13,26-28,35-36,46H,3,7,11,14-25H2,(H,49,56,57)/t35-,36?/m0/s1. The maximum atomic E-state index is 14.1. The summed E-state index contributed by atoms with van der Waals surface area (Å²) < 4.78 is 27.5. The lowest BCUT2D eigenvalue weighted by molar-refractivity contribution is -0.136. The van der Waals surface area contributed by atoms with Crippen LogP contribution in [0.5, 0.6) is 0 Å². The summed E-state index contributed by atoms with van der Waals surface area (Å²) in [5.74, 6) is -0.604. The highest BCUT2D eigenvalue weighted by Gasteiger charge is 2.44. The molecule has 0 aliphatic carbocycles. The van der Waals surface area contributed by atoms with Crippen molar-refractivity contribution in [2.45, 2.75) is 37.8 Å². The van der Waals surface area contributed by atoms with Gasteiger partial charge in [-0.05, 0) is 79.4 Å². The third-order valence-corrected chi connectivity index (χ3v) is 11.8. The van der Waals surface area contributed by atoms with Crippen molar-refractivity contribution in [3.8, 4) is 11.4 Å². The number of hydrogen-bond donors (Lipinski definition) is 2. The summed E-state index contributed by atoms with van der Waals surface area (Å²) in [7, 11) is 0. The van der Waals surface area contributed by atoms with Crippen LogP contribution in [0.3, 0.4) is 0 Å². The van der Waals surface area contributed by atoms with Crippen LogP contribution in [-0.4, -0.2) is 131 Å². The number of nitrogens with zero attached hydrogens (tertiary/aromatic N) is 8. The summed E-state index contributed by atoms with van der Waals surface area (Å²) in [6.45, 7) is 7.50. The van der Waals surface area contributed by atoms with Crippen LogP contribution in [0.15, 0.2) is 79.0 Å². The lowest BCUT2D eigenvalue weighted by atomic mass is 10.0. The van der Waals surface area contributed by atoms with Crippen molar-refractivity contribution in [2.24, 2.45) is 0 Å². The summed E-state index contributed by atoms with van der Waals surface area (Å²) in [6.07, 6.45) is 3.95. The molecule has 1 unspecified atom stereocenters. The Morgan fingerprint density at radius 1 is 0.787 bits per heavy atom. The number of ether oxygens (including phenoxy) is 2. The Hall–Kier alpha value is -6.30. The lowest BCUT2D eigenvalue weighted by Gasteiger charge is -2.35. The van der Waals surface area contributed by atoms with E-state index >= 15 is 0 Å². The first-order valence-electron chi connectivity index (χ1n) is 20.9. The van der Waals surface area contributed by atoms with Crippen LogP contribution in [0.25, 0.3) is 17.0 Å². The number of carbonyl (C=O) groups is 4. The van der Waals surface area contributed by atoms with E-state index in [4.69, 9.17) is 19.6 Å². The SMILES string of the molecule is O=C1CCC(N2C(=O)c3ccc(NCCOCCOCCN4CCN(c5cccc(-c6cnc7ccc(N8CCC[C@H]8c8cccc(F)c8)nn67)n5)CC4)cc3C2=O)C(=O)N1. The first kappa shape index (κ1) is 40.1. The molecule has 4 aliphatic heterocycles. The van der Waals surface area contributed by atoms with Gasteiger partial charge in [0.1, 0.15) is 29.2 Å². The molecule has 0 radical (unpaired) electrons. The second-order valence-electron chi connectivity index (χ2n) is 15.6. The molecule has 17 heteroatoms. The number of imide groups is 2. The van der Waals surface area contributed by atoms with Crippen molar-refractivity contribution in [1.29, 1.82) is 0 Å². The van der Waals surface area contributed by atoms with Crippen LogP contribution >= 0.6 is 0 Å². The minimum Gasteiger partial charge on any atom is -0.383 e. The van der Waals surface area contributed by atoms with E-state index in [0.29, 0.717) is 38.7 Å². The van der Waals surface area contributed by atoms with Gasteiger partial charge in [-0.25, -0.2) is 18.9 Å². The van der Waals surface area contributed by atoms with E-state index in [9.17, 15) is 23.6 Å². The Balaban J connectivity index is 0.690. The molecular weight excluding hydrogens is 784 g/mol. The molecule has 3 aromatic heterocycles. The summed E-state index contributed by atoms with van der Waals surface area (Å²) >= 11 is 0. The van der Waals surface area contributed by atoms with Crippen LogP contribution < -0.4 is 20.4 Å². The summed E-state index contributed by atoms with van der Waals surface area (Å²) in [5.41, 5.74) is 4.43. The van der Waals surface area contributed by atoms with E-state index in [1.54, 1.807) is 30.3 Å². The zero-order valence-electron chi connectivity index (χ0n) is 33.7. The van der Waals surface area contributed by atoms with Gasteiger partial charge in [0.15, 0.2) is 5.65 Å². The van der Waals surface area contributed by atoms with Gasteiger partial charge in [0.25, 0.3) is 11.8 Å². The minimum atomic E-state index is -0.995. The van der Waals surface area contributed by atoms with Gasteiger partial charge in [0.2, 0.25) is 11.8 Å². The zero-order chi connectivity index (χ0) is 41.9. The van der Waals surface area contributed by atoms with Gasteiger partial charge in [-0.3, -0.25) is 34.3 Å². The van der Waals surface area contributed by atoms with Crippen molar-refractivity contribution < 1.29 is 33.0 Å². The number of pyridine rings is 1. The highest BCUT2D eigenvalue weighted by atomic mass is 19.1. The quantitative estimate of drug-likeness (QED) is 0.115. The van der Waals surface area contributed by atoms with Crippen LogP contribution in [0.4, 0.5) is 21.7 Å². The Morgan fingerprint density at radius 2 is 1.61 bits per heavy atom. The molecule has 61 heavy (non-hydrogen) atoms. The van der Waals surface area contributed by atoms with E-state index in [-0.39, 0.29) is 35.8 Å². The van der Waals surface area contributed by atoms with Crippen molar-refractivity contribution in [2.75, 3.05) is 87.4 Å². The minimum absolute atomic E-state index is 0.0638. The van der Waals surface area contributed by atoms with Gasteiger partial charge in [-0.1, -0.05) is 18.2 Å². The van der Waals surface area contributed by atoms with E-state index in [0.717, 1.165) is 91.2 Å². The molecule has 16 nitrogen and oxygen atoms in total. The van der Waals surface area contributed by atoms with Crippen molar-refractivity contribution in [3.63, 3.8) is 0 Å². The average Bonchev–Trinajstić information content (AvgIpc) is 4.00. The number of halogens is 1. The van der Waals surface area contributed by atoms with Crippen LogP contribution in [0.1, 0.15) is 58.0 Å². The molecule has 4 aliphatic rings. The molecule has 2 N–H and O–H groups in total. The third kappa shape index (κ3) is 8.53. The van der Waals surface area contributed by atoms with Crippen molar-refractivity contribution >= 4 is 46.6 Å². The number of aromatic nitrogens is 4. The number of anilines is 3. The number of nitrogens with one attached hydrogen (secondary N) is 2. The lowest BCUT2D eigenvalue weighted by Crippen LogP contribution is -2.54. The first-order valence-corrected chi connectivity index (χ1v) is 20.9. The first-order chi connectivity index (χ1) is 29.8. The predicted molar refractivity (Wildman–Crippen MR) is 224 cm³/mol. The van der Waals surface area contributed by atoms with Crippen LogP contribution in [0.2, 0.25) is 0 Å². The van der Waals surface area contributed by atoms with E-state index < -0.39 is 29.7 Å². The number of hydrogen-bond acceptors (Lipinski definition) is 13. The number of benzene rings is 2. The average molecular weight is 831 g/mol. The second-order valence-corrected chi connectivity index (χ2v) is 15.6. The molecule has 5 aromatic rings. The number of piperazine rings is 1. The number of amides is 4. The molecule has 316 valence electrons. The van der Waals surface area contributed by atoms with Gasteiger partial charge in [-0.2, -0.15) is 0 Å². The van der Waals surface area contributed by atoms with Crippen molar-refractivity contribution in [3.05, 3.63) is 102 Å². The largest absolute Gasteiger partial charge is 0.383 e. The predicted octanol–water partition coefficient (Wildman–Crippen LogP) is 3.94. The fourth-order valence-electron chi connectivity index (χ4n) is 8.60. The maximum Gasteiger partial charge on any atom is 0.262 e. The number of carbonyl (C=O) groups excluding carboxylic acids is 4. The maximum absolute atomic E-state index is 14.1. The highest BCUT2D eigenvalue weighted by molar-refractivity contribution is 6.23. The van der Waals surface area contributed by atoms with Gasteiger partial charge in [0, 0.05) is 57.9 Å². The summed E-state index contributed by atoms with van der Waals surface area (Å²) in [6, 6.07) is 20.8. The third-order valence-electron chi connectivity index (χ3n) is 11.8. The molecule has 3 fully saturated rings. The fraction of sp³-hybridized carbons (Fsp3) is 0.386. The Morgan fingerprint density at radius 3 is 2.44 bits per heavy atom. The van der Waals surface area contributed by atoms with E-state index in [1.165, 1.54) is 6.07 Å². The monoisotopic (exact) mass is 830 g/mol. The molecule has 0 bridgehead atoms. The number of piperidine rings is 1. The zero-order valence-corrected chi connectivity index (χ0v) is 33.7. The number of imidazole rings is 1. The summed E-state index contributed by atoms with van der Waals surface area (Å²) in [4.78, 5) is 67.4. The molecule has 3 saturated heterocycles. The Bertz CT molecular complexity index is 2450. The van der Waals surface area contributed by atoms with Crippen molar-refractivity contribution in [1.82, 2.24) is 34.7 Å². The van der Waals surface area contributed by atoms with E-state index in [2.05, 4.69) is 30.3 Å². The molecule has 9 rings (SSSR count). The van der Waals surface area contributed by atoms with Gasteiger partial charge < -0.3 is 24.6 Å². The number of rotatable bonds is 15. The van der Waals surface area contributed by atoms with Gasteiger partial charge in [0.05, 0.1) is 55.5 Å². The van der Waals surface area contributed by atoms with Gasteiger partial charge in [-0.15, -0.1) is 5.10 Å². The van der Waals surface area contributed by atoms with E-state index in [1.807, 2.05) is 47.1 Å². The number of fused-ring (bicyclic) bond motifs is 2. The molecule has 0 spiro atoms. The van der Waals surface area contributed by atoms with Gasteiger partial charge >= 0.3 is 0 Å². The second kappa shape index (κ2) is 17.7. The summed E-state index contributed by atoms with van der Waals surface area (Å²) in [5, 5.41) is 10.4. The smallest absolute Gasteiger partial charge is 0.262 e. The molecular formula is C44H47FN10O6. The van der Waals surface area contributed by atoms with Crippen LogP contribution in [-0.2, 0) is 19.1 Å². The molecule has 0 saturated carbocycles. The molecule has 2 aromatic carbocycles. The molecule has 4 amide bonds. The Kier molecular flexibility index (Phi) is 11.7. The Labute approximate surface area is 351 Å².